The average molecular weight is 397 g/mol. The predicted molar refractivity (Wildman–Crippen MR) is 129 cm³/mol. The summed E-state index contributed by atoms with van der Waals surface area (Å²) in [4.78, 5) is 0. The minimum absolute atomic E-state index is 0.969. The maximum Gasteiger partial charge on any atom is -0.00463 e. The molecule has 2 heteroatoms. The molecule has 0 heterocycles. The second-order valence-electron chi connectivity index (χ2n) is 8.97. The summed E-state index contributed by atoms with van der Waals surface area (Å²) >= 11 is 0. The van der Waals surface area contributed by atoms with Crippen molar-refractivity contribution in [3.05, 3.63) is 0 Å². The lowest BCUT2D eigenvalue weighted by Crippen LogP contribution is -2.21. The van der Waals surface area contributed by atoms with Crippen LogP contribution in [0.5, 0.6) is 0 Å². The standard InChI is InChI=1S/C26H56N2/c1-4-7-9-11-13-15-19-26(20-16-14-12-10-8-5-2)21-25-28-24-18-17-23-27-22-6-3/h26-28H,4-25H2,1-3H3. The van der Waals surface area contributed by atoms with Gasteiger partial charge in [0.25, 0.3) is 0 Å². The quantitative estimate of drug-likeness (QED) is 0.162. The summed E-state index contributed by atoms with van der Waals surface area (Å²) in [5, 5.41) is 7.21. The molecule has 0 aliphatic carbocycles. The summed E-state index contributed by atoms with van der Waals surface area (Å²) in [5.74, 6) is 0.969. The first-order valence-corrected chi connectivity index (χ1v) is 13.3. The molecule has 0 aliphatic rings. The van der Waals surface area contributed by atoms with Crippen LogP contribution in [0.2, 0.25) is 0 Å². The van der Waals surface area contributed by atoms with Gasteiger partial charge in [-0.25, -0.2) is 0 Å². The molecule has 28 heavy (non-hydrogen) atoms. The molecule has 0 atom stereocenters. The molecule has 2 nitrogen and oxygen atoms in total. The smallest absolute Gasteiger partial charge is 0.00463 e. The predicted octanol–water partition coefficient (Wildman–Crippen LogP) is 7.86. The maximum atomic E-state index is 3.72. The maximum absolute atomic E-state index is 3.72. The van der Waals surface area contributed by atoms with Gasteiger partial charge in [0.05, 0.1) is 0 Å². The van der Waals surface area contributed by atoms with Crippen LogP contribution in [0.3, 0.4) is 0 Å². The Labute approximate surface area is 179 Å². The topological polar surface area (TPSA) is 24.1 Å². The number of rotatable bonds is 24. The van der Waals surface area contributed by atoms with E-state index in [4.69, 9.17) is 0 Å². The molecule has 0 aromatic carbocycles. The van der Waals surface area contributed by atoms with Gasteiger partial charge in [0, 0.05) is 0 Å². The minimum atomic E-state index is 0.969. The van der Waals surface area contributed by atoms with Gasteiger partial charge in [-0.05, 0) is 57.8 Å². The number of unbranched alkanes of at least 4 members (excludes halogenated alkanes) is 11. The van der Waals surface area contributed by atoms with Crippen LogP contribution in [-0.2, 0) is 0 Å². The zero-order chi connectivity index (χ0) is 20.5. The van der Waals surface area contributed by atoms with Crippen LogP contribution < -0.4 is 10.6 Å². The van der Waals surface area contributed by atoms with Gasteiger partial charge in [-0.15, -0.1) is 0 Å². The van der Waals surface area contributed by atoms with Crippen LogP contribution in [0, 0.1) is 5.92 Å². The highest BCUT2D eigenvalue weighted by Gasteiger charge is 2.08. The van der Waals surface area contributed by atoms with E-state index in [2.05, 4.69) is 31.4 Å². The van der Waals surface area contributed by atoms with Crippen molar-refractivity contribution in [2.75, 3.05) is 26.2 Å². The second-order valence-corrected chi connectivity index (χ2v) is 8.97. The van der Waals surface area contributed by atoms with E-state index in [9.17, 15) is 0 Å². The number of hydrogen-bond acceptors (Lipinski definition) is 2. The average Bonchev–Trinajstić information content (AvgIpc) is 2.71. The van der Waals surface area contributed by atoms with Gasteiger partial charge in [-0.3, -0.25) is 0 Å². The van der Waals surface area contributed by atoms with Crippen LogP contribution in [0.15, 0.2) is 0 Å². The molecule has 0 spiro atoms. The Bertz CT molecular complexity index is 251. The van der Waals surface area contributed by atoms with Gasteiger partial charge in [-0.2, -0.15) is 0 Å². The van der Waals surface area contributed by atoms with Gasteiger partial charge in [-0.1, -0.05) is 111 Å². The molecular weight excluding hydrogens is 340 g/mol. The fourth-order valence-corrected chi connectivity index (χ4v) is 4.09. The van der Waals surface area contributed by atoms with Crippen LogP contribution in [0.1, 0.15) is 136 Å². The van der Waals surface area contributed by atoms with Crippen LogP contribution in [0.25, 0.3) is 0 Å². The molecule has 0 saturated carbocycles. The van der Waals surface area contributed by atoms with Gasteiger partial charge >= 0.3 is 0 Å². The normalized spacial score (nSPS) is 11.6. The first kappa shape index (κ1) is 27.9. The monoisotopic (exact) mass is 396 g/mol. The molecule has 0 aromatic heterocycles. The van der Waals surface area contributed by atoms with Gasteiger partial charge in [0.1, 0.15) is 0 Å². The van der Waals surface area contributed by atoms with E-state index in [-0.39, 0.29) is 0 Å². The van der Waals surface area contributed by atoms with Crippen molar-refractivity contribution in [3.8, 4) is 0 Å². The fourth-order valence-electron chi connectivity index (χ4n) is 4.09. The van der Waals surface area contributed by atoms with Gasteiger partial charge in [0.15, 0.2) is 0 Å². The van der Waals surface area contributed by atoms with Crippen molar-refractivity contribution in [1.29, 1.82) is 0 Å². The molecule has 0 saturated heterocycles. The molecular formula is C26H56N2. The molecule has 0 fully saturated rings. The molecule has 0 radical (unpaired) electrons. The zero-order valence-electron chi connectivity index (χ0n) is 20.1. The Kier molecular flexibility index (Phi) is 24.9. The van der Waals surface area contributed by atoms with Crippen molar-refractivity contribution in [2.24, 2.45) is 5.92 Å². The van der Waals surface area contributed by atoms with E-state index in [1.165, 1.54) is 142 Å². The largest absolute Gasteiger partial charge is 0.317 e. The Morgan fingerprint density at radius 2 is 0.857 bits per heavy atom. The summed E-state index contributed by atoms with van der Waals surface area (Å²) in [6.45, 7) is 11.7. The molecule has 0 aromatic rings. The van der Waals surface area contributed by atoms with E-state index in [1.54, 1.807) is 0 Å². The summed E-state index contributed by atoms with van der Waals surface area (Å²) in [7, 11) is 0. The van der Waals surface area contributed by atoms with E-state index in [0.717, 1.165) is 5.92 Å². The lowest BCUT2D eigenvalue weighted by molar-refractivity contribution is 0.372. The Balaban J connectivity index is 3.76. The van der Waals surface area contributed by atoms with Crippen molar-refractivity contribution < 1.29 is 0 Å². The first-order valence-electron chi connectivity index (χ1n) is 13.3. The second kappa shape index (κ2) is 25.0. The third kappa shape index (κ3) is 22.2. The van der Waals surface area contributed by atoms with Gasteiger partial charge < -0.3 is 10.6 Å². The summed E-state index contributed by atoms with van der Waals surface area (Å²) in [6, 6.07) is 0. The third-order valence-electron chi connectivity index (χ3n) is 6.05. The van der Waals surface area contributed by atoms with Crippen molar-refractivity contribution in [2.45, 2.75) is 136 Å². The lowest BCUT2D eigenvalue weighted by Gasteiger charge is -2.17. The Morgan fingerprint density at radius 1 is 0.393 bits per heavy atom. The highest BCUT2D eigenvalue weighted by molar-refractivity contribution is 4.63. The molecule has 170 valence electrons. The Morgan fingerprint density at radius 3 is 1.36 bits per heavy atom. The summed E-state index contributed by atoms with van der Waals surface area (Å²) in [5.41, 5.74) is 0. The SMILES string of the molecule is CCCCCCCCC(CCCCCCCC)CCNCCCCNCCC. The van der Waals surface area contributed by atoms with E-state index in [1.807, 2.05) is 0 Å². The highest BCUT2D eigenvalue weighted by atomic mass is 14.9. The fraction of sp³-hybridized carbons (Fsp3) is 1.00. The Hall–Kier alpha value is -0.0800. The number of nitrogens with one attached hydrogen (secondary N) is 2. The highest BCUT2D eigenvalue weighted by Crippen LogP contribution is 2.21. The number of hydrogen-bond donors (Lipinski definition) is 2. The van der Waals surface area contributed by atoms with Crippen LogP contribution in [0.4, 0.5) is 0 Å². The third-order valence-corrected chi connectivity index (χ3v) is 6.05. The van der Waals surface area contributed by atoms with Crippen molar-refractivity contribution in [3.63, 3.8) is 0 Å². The molecule has 0 aliphatic heterocycles. The molecule has 0 amide bonds. The molecule has 0 unspecified atom stereocenters. The molecule has 0 bridgehead atoms. The summed E-state index contributed by atoms with van der Waals surface area (Å²) < 4.78 is 0. The van der Waals surface area contributed by atoms with Crippen molar-refractivity contribution >= 4 is 0 Å². The minimum Gasteiger partial charge on any atom is -0.317 e. The van der Waals surface area contributed by atoms with E-state index in [0.29, 0.717) is 0 Å². The lowest BCUT2D eigenvalue weighted by atomic mass is 9.91. The molecule has 0 rings (SSSR count). The van der Waals surface area contributed by atoms with Crippen LogP contribution in [-0.4, -0.2) is 26.2 Å². The van der Waals surface area contributed by atoms with E-state index < -0.39 is 0 Å². The first-order chi connectivity index (χ1) is 13.8. The van der Waals surface area contributed by atoms with Crippen molar-refractivity contribution in [1.82, 2.24) is 10.6 Å². The molecule has 2 N–H and O–H groups in total. The zero-order valence-corrected chi connectivity index (χ0v) is 20.1. The van der Waals surface area contributed by atoms with Gasteiger partial charge in [0.2, 0.25) is 0 Å². The summed E-state index contributed by atoms with van der Waals surface area (Å²) in [6.07, 6.45) is 25.5. The van der Waals surface area contributed by atoms with Crippen LogP contribution >= 0.6 is 0 Å². The van der Waals surface area contributed by atoms with E-state index >= 15 is 0 Å².